The van der Waals surface area contributed by atoms with Crippen molar-refractivity contribution in [3.05, 3.63) is 32.3 Å². The lowest BCUT2D eigenvalue weighted by Gasteiger charge is -2.19. The summed E-state index contributed by atoms with van der Waals surface area (Å²) in [5.41, 5.74) is 0.00816. The molecule has 1 rings (SSSR count). The minimum atomic E-state index is -1.06. The van der Waals surface area contributed by atoms with Crippen LogP contribution < -0.4 is 4.90 Å². The Labute approximate surface area is 107 Å². The van der Waals surface area contributed by atoms with Crippen LogP contribution in [-0.4, -0.2) is 29.6 Å². The van der Waals surface area contributed by atoms with Crippen molar-refractivity contribution in [2.75, 3.05) is 18.5 Å². The van der Waals surface area contributed by atoms with E-state index in [1.807, 2.05) is 0 Å². The van der Waals surface area contributed by atoms with Gasteiger partial charge >= 0.3 is 5.97 Å². The third kappa shape index (κ3) is 3.21. The fraction of sp³-hybridized carbons (Fsp3) is 0.222. The SMILES string of the molecule is CN(CC(=O)O)c1c(Cl)cc([N+](=O)[O-])cc1Cl. The molecule has 6 nitrogen and oxygen atoms in total. The summed E-state index contributed by atoms with van der Waals surface area (Å²) >= 11 is 11.7. The van der Waals surface area contributed by atoms with Gasteiger partial charge in [0, 0.05) is 19.2 Å². The summed E-state index contributed by atoms with van der Waals surface area (Å²) in [5.74, 6) is -1.06. The number of nitro groups is 1. The largest absolute Gasteiger partial charge is 0.480 e. The van der Waals surface area contributed by atoms with E-state index in [2.05, 4.69) is 0 Å². The number of aliphatic carboxylic acids is 1. The number of hydrogen-bond donors (Lipinski definition) is 1. The van der Waals surface area contributed by atoms with E-state index in [0.717, 1.165) is 12.1 Å². The van der Waals surface area contributed by atoms with Gasteiger partial charge in [0.1, 0.15) is 6.54 Å². The fourth-order valence-corrected chi connectivity index (χ4v) is 2.07. The second kappa shape index (κ2) is 5.20. The van der Waals surface area contributed by atoms with Gasteiger partial charge in [0.05, 0.1) is 20.7 Å². The quantitative estimate of drug-likeness (QED) is 0.675. The molecule has 1 N–H and O–H groups in total. The fourth-order valence-electron chi connectivity index (χ4n) is 1.30. The molecular weight excluding hydrogens is 271 g/mol. The van der Waals surface area contributed by atoms with Gasteiger partial charge in [-0.05, 0) is 0 Å². The molecule has 0 aliphatic carbocycles. The number of carbonyl (C=O) groups is 1. The smallest absolute Gasteiger partial charge is 0.323 e. The first-order chi connectivity index (χ1) is 7.82. The molecule has 0 bridgehead atoms. The number of nitro benzene ring substituents is 1. The monoisotopic (exact) mass is 278 g/mol. The summed E-state index contributed by atoms with van der Waals surface area (Å²) in [6.07, 6.45) is 0. The molecule has 0 aromatic heterocycles. The van der Waals surface area contributed by atoms with Gasteiger partial charge in [-0.15, -0.1) is 0 Å². The lowest BCUT2D eigenvalue weighted by Crippen LogP contribution is -2.25. The Bertz CT molecular complexity index is 455. The van der Waals surface area contributed by atoms with Crippen LogP contribution in [0.2, 0.25) is 10.0 Å². The first kappa shape index (κ1) is 13.5. The highest BCUT2D eigenvalue weighted by Gasteiger charge is 2.18. The second-order valence-corrected chi connectivity index (χ2v) is 4.08. The van der Waals surface area contributed by atoms with Gasteiger partial charge in [0.15, 0.2) is 0 Å². The number of halogens is 2. The van der Waals surface area contributed by atoms with Crippen LogP contribution in [0.3, 0.4) is 0 Å². The van der Waals surface area contributed by atoms with Crippen molar-refractivity contribution in [2.24, 2.45) is 0 Å². The Hall–Kier alpha value is -1.53. The van der Waals surface area contributed by atoms with Crippen LogP contribution in [0.4, 0.5) is 11.4 Å². The first-order valence-corrected chi connectivity index (χ1v) is 5.15. The van der Waals surface area contributed by atoms with Crippen molar-refractivity contribution in [3.63, 3.8) is 0 Å². The standard InChI is InChI=1S/C9H8Cl2N2O4/c1-12(4-8(14)15)9-6(10)2-5(13(16)17)3-7(9)11/h2-3H,4H2,1H3,(H,14,15). The van der Waals surface area contributed by atoms with Crippen LogP contribution in [0.1, 0.15) is 0 Å². The van der Waals surface area contributed by atoms with Gasteiger partial charge in [0.2, 0.25) is 0 Å². The molecule has 0 aliphatic heterocycles. The number of benzene rings is 1. The van der Waals surface area contributed by atoms with Gasteiger partial charge in [-0.3, -0.25) is 14.9 Å². The van der Waals surface area contributed by atoms with E-state index in [4.69, 9.17) is 28.3 Å². The zero-order valence-electron chi connectivity index (χ0n) is 8.68. The normalized spacial score (nSPS) is 10.1. The average molecular weight is 279 g/mol. The Morgan fingerprint density at radius 3 is 2.29 bits per heavy atom. The molecule has 0 saturated carbocycles. The Morgan fingerprint density at radius 2 is 1.94 bits per heavy atom. The maximum absolute atomic E-state index is 10.5. The van der Waals surface area contributed by atoms with Crippen molar-refractivity contribution in [2.45, 2.75) is 0 Å². The molecule has 0 radical (unpaired) electrons. The number of likely N-dealkylation sites (N-methyl/N-ethyl adjacent to an activating group) is 1. The number of rotatable bonds is 4. The number of hydrogen-bond acceptors (Lipinski definition) is 4. The Morgan fingerprint density at radius 1 is 1.47 bits per heavy atom. The van der Waals surface area contributed by atoms with Crippen LogP contribution in [0, 0.1) is 10.1 Å². The molecule has 0 spiro atoms. The molecule has 1 aromatic rings. The predicted molar refractivity (Wildman–Crippen MR) is 64.0 cm³/mol. The maximum Gasteiger partial charge on any atom is 0.323 e. The average Bonchev–Trinajstić information content (AvgIpc) is 2.14. The number of nitrogens with zero attached hydrogens (tertiary/aromatic N) is 2. The molecule has 1 aromatic carbocycles. The molecule has 0 aliphatic rings. The molecule has 17 heavy (non-hydrogen) atoms. The van der Waals surface area contributed by atoms with Crippen LogP contribution in [0.5, 0.6) is 0 Å². The van der Waals surface area contributed by atoms with Crippen LogP contribution in [0.15, 0.2) is 12.1 Å². The third-order valence-corrected chi connectivity index (χ3v) is 2.54. The number of carboxylic acid groups (broad SMARTS) is 1. The first-order valence-electron chi connectivity index (χ1n) is 4.39. The minimum Gasteiger partial charge on any atom is -0.480 e. The molecule has 0 heterocycles. The molecule has 0 fully saturated rings. The summed E-state index contributed by atoms with van der Waals surface area (Å²) in [6.45, 7) is -0.308. The zero-order chi connectivity index (χ0) is 13.2. The van der Waals surface area contributed by atoms with Gasteiger partial charge in [-0.2, -0.15) is 0 Å². The van der Waals surface area contributed by atoms with E-state index in [1.54, 1.807) is 0 Å². The van der Waals surface area contributed by atoms with Gasteiger partial charge in [0.25, 0.3) is 5.69 Å². The maximum atomic E-state index is 10.5. The summed E-state index contributed by atoms with van der Waals surface area (Å²) in [5, 5.41) is 19.2. The van der Waals surface area contributed by atoms with Gasteiger partial charge < -0.3 is 10.0 Å². The molecule has 0 saturated heterocycles. The lowest BCUT2D eigenvalue weighted by molar-refractivity contribution is -0.384. The van der Waals surface area contributed by atoms with E-state index >= 15 is 0 Å². The topological polar surface area (TPSA) is 83.7 Å². The zero-order valence-corrected chi connectivity index (χ0v) is 10.2. The molecule has 92 valence electrons. The number of anilines is 1. The number of non-ortho nitro benzene ring substituents is 1. The Kier molecular flexibility index (Phi) is 4.14. The van der Waals surface area contributed by atoms with E-state index in [-0.39, 0.29) is 28.0 Å². The van der Waals surface area contributed by atoms with Crippen molar-refractivity contribution in [1.29, 1.82) is 0 Å². The highest BCUT2D eigenvalue weighted by Crippen LogP contribution is 2.36. The summed E-state index contributed by atoms with van der Waals surface area (Å²) in [4.78, 5) is 21.8. The minimum absolute atomic E-state index is 0.0351. The molecule has 0 unspecified atom stereocenters. The van der Waals surface area contributed by atoms with Crippen LogP contribution >= 0.6 is 23.2 Å². The van der Waals surface area contributed by atoms with Gasteiger partial charge in [-0.25, -0.2) is 0 Å². The number of carboxylic acids is 1. The lowest BCUT2D eigenvalue weighted by atomic mass is 10.2. The Balaban J connectivity index is 3.17. The highest BCUT2D eigenvalue weighted by molar-refractivity contribution is 6.39. The summed E-state index contributed by atoms with van der Waals surface area (Å²) in [6, 6.07) is 2.25. The predicted octanol–water partition coefficient (Wildman–Crippen LogP) is 2.42. The molecular formula is C9H8Cl2N2O4. The van der Waals surface area contributed by atoms with E-state index in [1.165, 1.54) is 11.9 Å². The van der Waals surface area contributed by atoms with Gasteiger partial charge in [-0.1, -0.05) is 23.2 Å². The van der Waals surface area contributed by atoms with E-state index in [9.17, 15) is 14.9 Å². The molecule has 0 amide bonds. The summed E-state index contributed by atoms with van der Waals surface area (Å²) in [7, 11) is 1.48. The van der Waals surface area contributed by atoms with Crippen molar-refractivity contribution in [3.8, 4) is 0 Å². The molecule has 8 heteroatoms. The van der Waals surface area contributed by atoms with Crippen molar-refractivity contribution < 1.29 is 14.8 Å². The van der Waals surface area contributed by atoms with Crippen LogP contribution in [-0.2, 0) is 4.79 Å². The van der Waals surface area contributed by atoms with Crippen LogP contribution in [0.25, 0.3) is 0 Å². The summed E-state index contributed by atoms with van der Waals surface area (Å²) < 4.78 is 0. The van der Waals surface area contributed by atoms with E-state index < -0.39 is 10.9 Å². The van der Waals surface area contributed by atoms with E-state index in [0.29, 0.717) is 0 Å². The van der Waals surface area contributed by atoms with Crippen molar-refractivity contribution in [1.82, 2.24) is 0 Å². The highest BCUT2D eigenvalue weighted by atomic mass is 35.5. The third-order valence-electron chi connectivity index (χ3n) is 1.97. The van der Waals surface area contributed by atoms with Crippen molar-refractivity contribution >= 4 is 40.5 Å². The molecule has 0 atom stereocenters. The second-order valence-electron chi connectivity index (χ2n) is 3.26.